The topological polar surface area (TPSA) is 83.8 Å². The molecule has 8 nitrogen and oxygen atoms in total. The second-order valence-corrected chi connectivity index (χ2v) is 9.55. The van der Waals surface area contributed by atoms with Gasteiger partial charge in [0.2, 0.25) is 0 Å². The molecule has 0 saturated carbocycles. The van der Waals surface area contributed by atoms with Gasteiger partial charge in [-0.05, 0) is 67.2 Å². The average Bonchev–Trinajstić information content (AvgIpc) is 3.04. The molecule has 3 heterocycles. The number of rotatable bonds is 4. The molecule has 0 aromatic carbocycles. The van der Waals surface area contributed by atoms with Crippen molar-refractivity contribution < 1.29 is 9.53 Å². The van der Waals surface area contributed by atoms with Gasteiger partial charge in [0.05, 0.1) is 12.2 Å². The Bertz CT molecular complexity index is 780. The zero-order chi connectivity index (χ0) is 22.1. The lowest BCUT2D eigenvalue weighted by Gasteiger charge is -2.40. The van der Waals surface area contributed by atoms with Crippen molar-refractivity contribution in [2.24, 2.45) is 12.0 Å². The fraction of sp³-hybridized carbons (Fsp3) is 0.773. The maximum atomic E-state index is 12.7. The molecule has 0 radical (unpaired) electrons. The van der Waals surface area contributed by atoms with E-state index in [1.54, 1.807) is 0 Å². The van der Waals surface area contributed by atoms with E-state index in [1.807, 2.05) is 44.3 Å². The van der Waals surface area contributed by atoms with Crippen LogP contribution < -0.4 is 10.6 Å². The Morgan fingerprint density at radius 2 is 1.87 bits per heavy atom. The number of guanidine groups is 1. The van der Waals surface area contributed by atoms with Crippen LogP contribution in [0.3, 0.4) is 0 Å². The van der Waals surface area contributed by atoms with Gasteiger partial charge in [-0.1, -0.05) is 0 Å². The number of nitrogens with zero attached hydrogens (tertiary/aromatic N) is 4. The minimum Gasteiger partial charge on any atom is -0.444 e. The summed E-state index contributed by atoms with van der Waals surface area (Å²) in [5, 5.41) is 11.5. The lowest BCUT2D eigenvalue weighted by Crippen LogP contribution is -2.55. The number of aryl methyl sites for hydroxylation is 2. The summed E-state index contributed by atoms with van der Waals surface area (Å²) >= 11 is 0. The normalized spacial score (nSPS) is 24.2. The van der Waals surface area contributed by atoms with Crippen LogP contribution in [0.5, 0.6) is 0 Å². The summed E-state index contributed by atoms with van der Waals surface area (Å²) in [6.07, 6.45) is 3.76. The zero-order valence-electron chi connectivity index (χ0n) is 19.6. The maximum Gasteiger partial charge on any atom is 0.410 e. The first-order valence-electron chi connectivity index (χ1n) is 11.1. The maximum absolute atomic E-state index is 12.7. The lowest BCUT2D eigenvalue weighted by molar-refractivity contribution is 0.00545. The highest BCUT2D eigenvalue weighted by Crippen LogP contribution is 2.36. The molecule has 168 valence electrons. The first-order chi connectivity index (χ1) is 14.1. The van der Waals surface area contributed by atoms with Gasteiger partial charge in [0, 0.05) is 43.0 Å². The van der Waals surface area contributed by atoms with Crippen LogP contribution in [-0.4, -0.2) is 57.0 Å². The number of amides is 1. The number of hydrogen-bond donors (Lipinski definition) is 2. The molecule has 0 spiro atoms. The molecule has 3 rings (SSSR count). The highest BCUT2D eigenvalue weighted by molar-refractivity contribution is 5.80. The molecular weight excluding hydrogens is 380 g/mol. The molecule has 1 amide bonds. The van der Waals surface area contributed by atoms with E-state index in [9.17, 15) is 4.79 Å². The van der Waals surface area contributed by atoms with Crippen molar-refractivity contribution in [1.29, 1.82) is 0 Å². The minimum absolute atomic E-state index is 0.170. The molecule has 2 atom stereocenters. The Kier molecular flexibility index (Phi) is 6.62. The van der Waals surface area contributed by atoms with Crippen molar-refractivity contribution in [3.63, 3.8) is 0 Å². The van der Waals surface area contributed by atoms with Crippen LogP contribution in [-0.2, 0) is 18.3 Å². The third-order valence-electron chi connectivity index (χ3n) is 6.08. The predicted octanol–water partition coefficient (Wildman–Crippen LogP) is 3.02. The first kappa shape index (κ1) is 22.4. The summed E-state index contributed by atoms with van der Waals surface area (Å²) < 4.78 is 7.55. The van der Waals surface area contributed by atoms with Crippen molar-refractivity contribution >= 4 is 12.1 Å². The molecule has 2 unspecified atom stereocenters. The zero-order valence-corrected chi connectivity index (χ0v) is 19.6. The number of piperidine rings is 1. The van der Waals surface area contributed by atoms with Gasteiger partial charge in [0.1, 0.15) is 5.60 Å². The monoisotopic (exact) mass is 418 g/mol. The molecule has 30 heavy (non-hydrogen) atoms. The molecule has 2 saturated heterocycles. The van der Waals surface area contributed by atoms with Crippen LogP contribution in [0.4, 0.5) is 4.79 Å². The molecule has 2 N–H and O–H groups in total. The third-order valence-corrected chi connectivity index (χ3v) is 6.08. The van der Waals surface area contributed by atoms with E-state index in [4.69, 9.17) is 9.73 Å². The number of carbonyl (C=O) groups excluding carboxylic acids is 1. The van der Waals surface area contributed by atoms with E-state index in [2.05, 4.69) is 29.6 Å². The number of hydrogen-bond acceptors (Lipinski definition) is 4. The summed E-state index contributed by atoms with van der Waals surface area (Å²) in [7, 11) is 1.97. The molecule has 2 aliphatic rings. The summed E-state index contributed by atoms with van der Waals surface area (Å²) in [5.41, 5.74) is 2.89. The lowest BCUT2D eigenvalue weighted by atomic mass is 9.98. The Hall–Kier alpha value is -2.25. The van der Waals surface area contributed by atoms with Gasteiger partial charge >= 0.3 is 6.09 Å². The minimum atomic E-state index is -0.459. The molecule has 2 bridgehead atoms. The van der Waals surface area contributed by atoms with Crippen LogP contribution in [0.1, 0.15) is 70.3 Å². The number of aromatic nitrogens is 2. The van der Waals surface area contributed by atoms with Gasteiger partial charge in [0.25, 0.3) is 0 Å². The van der Waals surface area contributed by atoms with Crippen molar-refractivity contribution in [3.8, 4) is 0 Å². The molecule has 8 heteroatoms. The summed E-state index contributed by atoms with van der Waals surface area (Å²) in [6.45, 7) is 13.4. The summed E-state index contributed by atoms with van der Waals surface area (Å²) in [6, 6.07) is 0.777. The largest absolute Gasteiger partial charge is 0.444 e. The highest BCUT2D eigenvalue weighted by Gasteiger charge is 2.45. The van der Waals surface area contributed by atoms with Crippen LogP contribution in [0.25, 0.3) is 0 Å². The van der Waals surface area contributed by atoms with Crippen LogP contribution in [0, 0.1) is 13.8 Å². The Balaban J connectivity index is 1.64. The quantitative estimate of drug-likeness (QED) is 0.580. The second kappa shape index (κ2) is 8.86. The fourth-order valence-corrected chi connectivity index (χ4v) is 4.63. The standard InChI is InChI=1S/C22H38N6O2/c1-8-23-20(24-13-19-14(2)26-27(7)15(19)3)25-16-11-17-9-10-18(12-16)28(17)21(29)30-22(4,5)6/h16-18H,8-13H2,1-7H3,(H2,23,24,25). The van der Waals surface area contributed by atoms with Gasteiger partial charge in [-0.25, -0.2) is 9.79 Å². The second-order valence-electron chi connectivity index (χ2n) is 9.55. The van der Waals surface area contributed by atoms with E-state index in [0.717, 1.165) is 49.6 Å². The Labute approximate surface area is 180 Å². The summed E-state index contributed by atoms with van der Waals surface area (Å²) in [5.74, 6) is 0.829. The molecule has 1 aromatic rings. The van der Waals surface area contributed by atoms with E-state index < -0.39 is 5.60 Å². The number of nitrogens with one attached hydrogen (secondary N) is 2. The first-order valence-corrected chi connectivity index (χ1v) is 11.1. The Morgan fingerprint density at radius 3 is 2.37 bits per heavy atom. The number of ether oxygens (including phenoxy) is 1. The SMILES string of the molecule is CCNC(=NCc1c(C)nn(C)c1C)NC1CC2CCC(C1)N2C(=O)OC(C)(C)C. The van der Waals surface area contributed by atoms with Crippen LogP contribution in [0.2, 0.25) is 0 Å². The smallest absolute Gasteiger partial charge is 0.410 e. The fourth-order valence-electron chi connectivity index (χ4n) is 4.63. The third kappa shape index (κ3) is 5.08. The van der Waals surface area contributed by atoms with Crippen molar-refractivity contribution in [2.75, 3.05) is 6.54 Å². The van der Waals surface area contributed by atoms with Gasteiger partial charge < -0.3 is 20.3 Å². The molecule has 0 aliphatic carbocycles. The molecular formula is C22H38N6O2. The van der Waals surface area contributed by atoms with E-state index >= 15 is 0 Å². The predicted molar refractivity (Wildman–Crippen MR) is 119 cm³/mol. The van der Waals surface area contributed by atoms with Crippen molar-refractivity contribution in [3.05, 3.63) is 17.0 Å². The van der Waals surface area contributed by atoms with Gasteiger partial charge in [-0.2, -0.15) is 5.10 Å². The molecule has 1 aromatic heterocycles. The molecule has 2 aliphatic heterocycles. The van der Waals surface area contributed by atoms with Crippen molar-refractivity contribution in [1.82, 2.24) is 25.3 Å². The van der Waals surface area contributed by atoms with Gasteiger partial charge in [-0.3, -0.25) is 4.68 Å². The summed E-state index contributed by atoms with van der Waals surface area (Å²) in [4.78, 5) is 19.5. The number of fused-ring (bicyclic) bond motifs is 2. The van der Waals surface area contributed by atoms with E-state index in [0.29, 0.717) is 12.6 Å². The average molecular weight is 419 g/mol. The number of carbonyl (C=O) groups is 1. The van der Waals surface area contributed by atoms with Crippen LogP contribution >= 0.6 is 0 Å². The van der Waals surface area contributed by atoms with E-state index in [-0.39, 0.29) is 18.2 Å². The van der Waals surface area contributed by atoms with Crippen molar-refractivity contribution in [2.45, 2.75) is 97.5 Å². The number of aliphatic imine (C=N–C) groups is 1. The van der Waals surface area contributed by atoms with Crippen LogP contribution in [0.15, 0.2) is 4.99 Å². The van der Waals surface area contributed by atoms with Gasteiger partial charge in [0.15, 0.2) is 5.96 Å². The molecule has 2 fully saturated rings. The van der Waals surface area contributed by atoms with Gasteiger partial charge in [-0.15, -0.1) is 0 Å². The van der Waals surface area contributed by atoms with E-state index in [1.165, 1.54) is 5.56 Å². The Morgan fingerprint density at radius 1 is 1.23 bits per heavy atom. The highest BCUT2D eigenvalue weighted by atomic mass is 16.6.